The normalized spacial score (nSPS) is 32.0. The number of rotatable bonds is 5. The molecule has 2 aliphatic heterocycles. The first-order valence-corrected chi connectivity index (χ1v) is 8.88. The molecule has 0 aromatic rings. The van der Waals surface area contributed by atoms with E-state index in [9.17, 15) is 4.79 Å². The molecule has 3 fully saturated rings. The van der Waals surface area contributed by atoms with Crippen LogP contribution in [-0.4, -0.2) is 60.1 Å². The lowest BCUT2D eigenvalue weighted by molar-refractivity contribution is -0.146. The highest BCUT2D eigenvalue weighted by molar-refractivity contribution is 5.71. The van der Waals surface area contributed by atoms with Crippen molar-refractivity contribution < 1.29 is 9.53 Å². The van der Waals surface area contributed by atoms with Crippen LogP contribution in [0.15, 0.2) is 0 Å². The molecule has 0 spiro atoms. The number of hydrogen-bond donors (Lipinski definition) is 0. The molecule has 21 heavy (non-hydrogen) atoms. The van der Waals surface area contributed by atoms with Gasteiger partial charge < -0.3 is 4.74 Å². The topological polar surface area (TPSA) is 32.8 Å². The molecule has 0 radical (unpaired) electrons. The molecule has 2 heterocycles. The molecule has 0 bridgehead atoms. The molecule has 0 aromatic carbocycles. The average Bonchev–Trinajstić information content (AvgIpc) is 3.26. The first-order chi connectivity index (χ1) is 10.2. The van der Waals surface area contributed by atoms with Crippen molar-refractivity contribution in [3.8, 4) is 0 Å². The quantitative estimate of drug-likeness (QED) is 0.729. The molecule has 2 saturated heterocycles. The van der Waals surface area contributed by atoms with Crippen LogP contribution >= 0.6 is 0 Å². The van der Waals surface area contributed by atoms with E-state index in [2.05, 4.69) is 9.80 Å². The number of carbonyl (C=O) groups excluding carboxylic acids is 1. The highest BCUT2D eigenvalue weighted by atomic mass is 16.5. The molecule has 0 N–H and O–H groups in total. The fourth-order valence-electron chi connectivity index (χ4n) is 4.18. The van der Waals surface area contributed by atoms with Crippen molar-refractivity contribution in [1.82, 2.24) is 9.80 Å². The maximum atomic E-state index is 12.2. The number of carbonyl (C=O) groups is 1. The second kappa shape index (κ2) is 6.66. The minimum absolute atomic E-state index is 0.000561. The summed E-state index contributed by atoms with van der Waals surface area (Å²) in [7, 11) is 0. The smallest absolute Gasteiger partial charge is 0.307 e. The molecule has 1 atom stereocenters. The minimum atomic E-state index is -0.000561. The van der Waals surface area contributed by atoms with Crippen LogP contribution in [-0.2, 0) is 9.53 Å². The van der Waals surface area contributed by atoms with Gasteiger partial charge in [0.05, 0.1) is 13.0 Å². The lowest BCUT2D eigenvalue weighted by Crippen LogP contribution is -2.52. The molecule has 0 aromatic heterocycles. The zero-order valence-electron chi connectivity index (χ0n) is 13.5. The monoisotopic (exact) mass is 294 g/mol. The van der Waals surface area contributed by atoms with Gasteiger partial charge in [-0.15, -0.1) is 0 Å². The Bertz CT molecular complexity index is 362. The summed E-state index contributed by atoms with van der Waals surface area (Å²) in [6.07, 6.45) is 9.70. The summed E-state index contributed by atoms with van der Waals surface area (Å²) in [6, 6.07) is 0.807. The van der Waals surface area contributed by atoms with Gasteiger partial charge in [0.1, 0.15) is 0 Å². The van der Waals surface area contributed by atoms with Crippen molar-refractivity contribution in [2.24, 2.45) is 0 Å². The van der Waals surface area contributed by atoms with Gasteiger partial charge >= 0.3 is 5.97 Å². The Balaban J connectivity index is 1.71. The van der Waals surface area contributed by atoms with Crippen LogP contribution in [0.4, 0.5) is 0 Å². The van der Waals surface area contributed by atoms with E-state index in [0.29, 0.717) is 13.0 Å². The van der Waals surface area contributed by atoms with E-state index in [1.165, 1.54) is 45.1 Å². The van der Waals surface area contributed by atoms with Crippen LogP contribution in [0.25, 0.3) is 0 Å². The second-order valence-corrected chi connectivity index (χ2v) is 7.06. The van der Waals surface area contributed by atoms with Crippen LogP contribution in [0.3, 0.4) is 0 Å². The van der Waals surface area contributed by atoms with Gasteiger partial charge in [0.15, 0.2) is 0 Å². The van der Waals surface area contributed by atoms with E-state index < -0.39 is 0 Å². The van der Waals surface area contributed by atoms with E-state index in [0.717, 1.165) is 32.1 Å². The molecular formula is C17H30N2O2. The summed E-state index contributed by atoms with van der Waals surface area (Å²) >= 11 is 0. The third-order valence-electron chi connectivity index (χ3n) is 5.48. The number of esters is 1. The van der Waals surface area contributed by atoms with Crippen LogP contribution < -0.4 is 0 Å². The summed E-state index contributed by atoms with van der Waals surface area (Å²) in [5.74, 6) is -0.000561. The predicted molar refractivity (Wildman–Crippen MR) is 83.2 cm³/mol. The molecular weight excluding hydrogens is 264 g/mol. The first-order valence-electron chi connectivity index (χ1n) is 8.88. The maximum absolute atomic E-state index is 12.2. The van der Waals surface area contributed by atoms with Crippen LogP contribution in [0, 0.1) is 0 Å². The molecule has 1 unspecified atom stereocenters. The van der Waals surface area contributed by atoms with E-state index in [1.54, 1.807) is 0 Å². The van der Waals surface area contributed by atoms with Crippen molar-refractivity contribution in [2.75, 3.05) is 32.8 Å². The zero-order valence-corrected chi connectivity index (χ0v) is 13.5. The lowest BCUT2D eigenvalue weighted by Gasteiger charge is -2.40. The van der Waals surface area contributed by atoms with Gasteiger partial charge in [-0.3, -0.25) is 14.6 Å². The molecule has 1 aliphatic carbocycles. The Labute approximate surface area is 128 Å². The first kappa shape index (κ1) is 15.3. The SMILES string of the molecule is CCOC(=O)CC1(N2CCCCCC2)CCN(C2CC2)C1. The second-order valence-electron chi connectivity index (χ2n) is 7.06. The van der Waals surface area contributed by atoms with Crippen LogP contribution in [0.2, 0.25) is 0 Å². The molecule has 1 saturated carbocycles. The van der Waals surface area contributed by atoms with Crippen LogP contribution in [0.1, 0.15) is 58.3 Å². The largest absolute Gasteiger partial charge is 0.466 e. The van der Waals surface area contributed by atoms with Gasteiger partial charge in [0.25, 0.3) is 0 Å². The summed E-state index contributed by atoms with van der Waals surface area (Å²) in [5, 5.41) is 0. The minimum Gasteiger partial charge on any atom is -0.466 e. The molecule has 4 heteroatoms. The summed E-state index contributed by atoms with van der Waals surface area (Å²) in [4.78, 5) is 17.4. The third kappa shape index (κ3) is 3.59. The number of hydrogen-bond acceptors (Lipinski definition) is 4. The van der Waals surface area contributed by atoms with E-state index in [-0.39, 0.29) is 11.5 Å². The van der Waals surface area contributed by atoms with E-state index in [1.807, 2.05) is 6.92 Å². The number of ether oxygens (including phenoxy) is 1. The van der Waals surface area contributed by atoms with E-state index >= 15 is 0 Å². The van der Waals surface area contributed by atoms with Crippen molar-refractivity contribution in [2.45, 2.75) is 69.9 Å². The fourth-order valence-corrected chi connectivity index (χ4v) is 4.18. The standard InChI is InChI=1S/C17H30N2O2/c1-2-21-16(20)13-17(19-10-5-3-4-6-11-19)9-12-18(14-17)15-7-8-15/h15H,2-14H2,1H3. The van der Waals surface area contributed by atoms with Crippen molar-refractivity contribution in [3.63, 3.8) is 0 Å². The number of likely N-dealkylation sites (tertiary alicyclic amines) is 2. The highest BCUT2D eigenvalue weighted by Crippen LogP contribution is 2.39. The predicted octanol–water partition coefficient (Wildman–Crippen LogP) is 2.42. The summed E-state index contributed by atoms with van der Waals surface area (Å²) in [6.45, 7) is 6.98. The molecule has 0 amide bonds. The maximum Gasteiger partial charge on any atom is 0.307 e. The summed E-state index contributed by atoms with van der Waals surface area (Å²) < 4.78 is 5.28. The van der Waals surface area contributed by atoms with Gasteiger partial charge in [-0.05, 0) is 52.1 Å². The lowest BCUT2D eigenvalue weighted by atomic mass is 9.91. The molecule has 3 rings (SSSR count). The van der Waals surface area contributed by atoms with Crippen molar-refractivity contribution in [1.29, 1.82) is 0 Å². The van der Waals surface area contributed by atoms with Crippen molar-refractivity contribution >= 4 is 5.97 Å². The summed E-state index contributed by atoms with van der Waals surface area (Å²) in [5.41, 5.74) is 0.0547. The van der Waals surface area contributed by atoms with Crippen LogP contribution in [0.5, 0.6) is 0 Å². The third-order valence-corrected chi connectivity index (χ3v) is 5.48. The molecule has 3 aliphatic rings. The van der Waals surface area contributed by atoms with Gasteiger partial charge in [-0.25, -0.2) is 0 Å². The average molecular weight is 294 g/mol. The highest BCUT2D eigenvalue weighted by Gasteiger charge is 2.47. The van der Waals surface area contributed by atoms with Gasteiger partial charge in [0.2, 0.25) is 0 Å². The van der Waals surface area contributed by atoms with Gasteiger partial charge in [0, 0.05) is 24.7 Å². The van der Waals surface area contributed by atoms with Gasteiger partial charge in [-0.2, -0.15) is 0 Å². The zero-order chi connectivity index (χ0) is 14.7. The number of nitrogens with zero attached hydrogens (tertiary/aromatic N) is 2. The Morgan fingerprint density at radius 2 is 1.86 bits per heavy atom. The Hall–Kier alpha value is -0.610. The molecule has 4 nitrogen and oxygen atoms in total. The van der Waals surface area contributed by atoms with E-state index in [4.69, 9.17) is 4.74 Å². The Kier molecular flexibility index (Phi) is 4.85. The Morgan fingerprint density at radius 3 is 2.48 bits per heavy atom. The fraction of sp³-hybridized carbons (Fsp3) is 0.941. The molecule has 120 valence electrons. The Morgan fingerprint density at radius 1 is 1.14 bits per heavy atom. The van der Waals surface area contributed by atoms with Crippen molar-refractivity contribution in [3.05, 3.63) is 0 Å². The van der Waals surface area contributed by atoms with Gasteiger partial charge in [-0.1, -0.05) is 12.8 Å².